The van der Waals surface area contributed by atoms with Crippen molar-refractivity contribution in [2.24, 2.45) is 7.05 Å². The molecule has 0 spiro atoms. The minimum Gasteiger partial charge on any atom is -0.497 e. The Bertz CT molecular complexity index is 629. The van der Waals surface area contributed by atoms with Crippen LogP contribution in [0.5, 0.6) is 5.75 Å². The zero-order valence-electron chi connectivity index (χ0n) is 11.1. The fourth-order valence-corrected chi connectivity index (χ4v) is 2.12. The van der Waals surface area contributed by atoms with E-state index >= 15 is 0 Å². The van der Waals surface area contributed by atoms with Crippen LogP contribution in [0.15, 0.2) is 24.3 Å². The van der Waals surface area contributed by atoms with Crippen LogP contribution in [0.1, 0.15) is 12.8 Å². The lowest BCUT2D eigenvalue weighted by Gasteiger charge is -2.08. The smallest absolute Gasteiger partial charge is 0.320 e. The molecule has 1 fully saturated rings. The number of hydrogen-bond acceptors (Lipinski definition) is 2. The lowest BCUT2D eigenvalue weighted by molar-refractivity contribution is 0.251. The number of rotatable bonds is 3. The maximum absolute atomic E-state index is 11.8. The van der Waals surface area contributed by atoms with Crippen LogP contribution in [-0.2, 0) is 7.05 Å². The molecular weight excluding hydrogens is 242 g/mol. The third-order valence-electron chi connectivity index (χ3n) is 3.41. The highest BCUT2D eigenvalue weighted by molar-refractivity contribution is 5.94. The van der Waals surface area contributed by atoms with E-state index in [9.17, 15) is 4.79 Å². The Kier molecular flexibility index (Phi) is 2.81. The van der Waals surface area contributed by atoms with Crippen molar-refractivity contribution in [1.82, 2.24) is 9.88 Å². The van der Waals surface area contributed by atoms with Gasteiger partial charge in [0, 0.05) is 24.5 Å². The van der Waals surface area contributed by atoms with E-state index < -0.39 is 0 Å². The number of ether oxygens (including phenoxy) is 1. The number of anilines is 1. The fraction of sp³-hybridized carbons (Fsp3) is 0.357. The average molecular weight is 259 g/mol. The van der Waals surface area contributed by atoms with E-state index in [4.69, 9.17) is 4.74 Å². The van der Waals surface area contributed by atoms with Crippen LogP contribution < -0.4 is 15.4 Å². The fourth-order valence-electron chi connectivity index (χ4n) is 2.12. The van der Waals surface area contributed by atoms with Crippen molar-refractivity contribution in [1.29, 1.82) is 0 Å². The van der Waals surface area contributed by atoms with Gasteiger partial charge in [0.15, 0.2) is 0 Å². The second-order valence-electron chi connectivity index (χ2n) is 4.89. The molecule has 0 aliphatic heterocycles. The standard InChI is InChI=1S/C14H17N3O2/c1-17-12-8-11(19-2)6-3-9(12)7-13(17)16-14(18)15-10-4-5-10/h3,6-8,10H,4-5H2,1-2H3,(H2,15,16,18). The van der Waals surface area contributed by atoms with E-state index in [2.05, 4.69) is 10.6 Å². The number of fused-ring (bicyclic) bond motifs is 1. The number of hydrogen-bond donors (Lipinski definition) is 2. The van der Waals surface area contributed by atoms with Crippen LogP contribution in [0.3, 0.4) is 0 Å². The summed E-state index contributed by atoms with van der Waals surface area (Å²) < 4.78 is 7.16. The lowest BCUT2D eigenvalue weighted by atomic mass is 10.2. The largest absolute Gasteiger partial charge is 0.497 e. The Hall–Kier alpha value is -2.17. The topological polar surface area (TPSA) is 55.3 Å². The van der Waals surface area contributed by atoms with Gasteiger partial charge in [0.05, 0.1) is 12.6 Å². The molecule has 1 heterocycles. The number of aryl methyl sites for hydroxylation is 1. The molecule has 1 aromatic heterocycles. The van der Waals surface area contributed by atoms with Crippen LogP contribution >= 0.6 is 0 Å². The number of aromatic nitrogens is 1. The maximum Gasteiger partial charge on any atom is 0.320 e. The van der Waals surface area contributed by atoms with Gasteiger partial charge in [0.1, 0.15) is 11.6 Å². The summed E-state index contributed by atoms with van der Waals surface area (Å²) in [6.07, 6.45) is 2.17. The van der Waals surface area contributed by atoms with Gasteiger partial charge < -0.3 is 14.6 Å². The van der Waals surface area contributed by atoms with Gasteiger partial charge in [-0.15, -0.1) is 0 Å². The molecule has 2 N–H and O–H groups in total. The molecule has 100 valence electrons. The van der Waals surface area contributed by atoms with Crippen molar-refractivity contribution >= 4 is 22.8 Å². The average Bonchev–Trinajstić information content (AvgIpc) is 3.16. The number of carbonyl (C=O) groups excluding carboxylic acids is 1. The van der Waals surface area contributed by atoms with Gasteiger partial charge in [-0.05, 0) is 31.0 Å². The molecule has 19 heavy (non-hydrogen) atoms. The second kappa shape index (κ2) is 4.50. The predicted octanol–water partition coefficient (Wildman–Crippen LogP) is 2.47. The van der Waals surface area contributed by atoms with Gasteiger partial charge in [-0.25, -0.2) is 4.79 Å². The molecule has 3 rings (SSSR count). The molecule has 1 aliphatic rings. The van der Waals surface area contributed by atoms with Crippen molar-refractivity contribution in [3.63, 3.8) is 0 Å². The summed E-state index contributed by atoms with van der Waals surface area (Å²) in [6, 6.07) is 8.03. The van der Waals surface area contributed by atoms with Crippen molar-refractivity contribution in [3.8, 4) is 5.75 Å². The van der Waals surface area contributed by atoms with Gasteiger partial charge in [-0.1, -0.05) is 0 Å². The highest BCUT2D eigenvalue weighted by Gasteiger charge is 2.23. The first-order chi connectivity index (χ1) is 9.17. The molecule has 0 saturated heterocycles. The number of methoxy groups -OCH3 is 1. The Morgan fingerprint density at radius 2 is 2.16 bits per heavy atom. The summed E-state index contributed by atoms with van der Waals surface area (Å²) >= 11 is 0. The van der Waals surface area contributed by atoms with E-state index in [1.54, 1.807) is 7.11 Å². The molecule has 1 aromatic carbocycles. The van der Waals surface area contributed by atoms with Crippen molar-refractivity contribution in [3.05, 3.63) is 24.3 Å². The van der Waals surface area contributed by atoms with Crippen molar-refractivity contribution in [2.75, 3.05) is 12.4 Å². The summed E-state index contributed by atoms with van der Waals surface area (Å²) in [5.41, 5.74) is 1.03. The number of carbonyl (C=O) groups is 1. The number of amides is 2. The SMILES string of the molecule is COc1ccc2cc(NC(=O)NC3CC3)n(C)c2c1. The predicted molar refractivity (Wildman–Crippen MR) is 74.6 cm³/mol. The minimum absolute atomic E-state index is 0.139. The number of nitrogens with zero attached hydrogens (tertiary/aromatic N) is 1. The molecule has 0 radical (unpaired) electrons. The molecule has 2 amide bonds. The summed E-state index contributed by atoms with van der Waals surface area (Å²) in [5.74, 6) is 1.59. The lowest BCUT2D eigenvalue weighted by Crippen LogP contribution is -2.31. The molecule has 1 aliphatic carbocycles. The third kappa shape index (κ3) is 2.36. The minimum atomic E-state index is -0.139. The van der Waals surface area contributed by atoms with E-state index in [0.29, 0.717) is 6.04 Å². The zero-order valence-corrected chi connectivity index (χ0v) is 11.1. The molecule has 5 nitrogen and oxygen atoms in total. The van der Waals surface area contributed by atoms with Crippen LogP contribution in [-0.4, -0.2) is 23.7 Å². The Morgan fingerprint density at radius 3 is 2.84 bits per heavy atom. The number of benzene rings is 1. The van der Waals surface area contributed by atoms with Crippen LogP contribution in [0.25, 0.3) is 10.9 Å². The zero-order chi connectivity index (χ0) is 13.4. The molecule has 1 saturated carbocycles. The number of urea groups is 1. The second-order valence-corrected chi connectivity index (χ2v) is 4.89. The van der Waals surface area contributed by atoms with Crippen LogP contribution in [0.2, 0.25) is 0 Å². The monoisotopic (exact) mass is 259 g/mol. The summed E-state index contributed by atoms with van der Waals surface area (Å²) in [7, 11) is 3.57. The summed E-state index contributed by atoms with van der Waals surface area (Å²) in [5, 5.41) is 6.86. The molecule has 0 atom stereocenters. The molecule has 0 bridgehead atoms. The molecule has 2 aromatic rings. The summed E-state index contributed by atoms with van der Waals surface area (Å²) in [4.78, 5) is 11.8. The van der Waals surface area contributed by atoms with Crippen molar-refractivity contribution < 1.29 is 9.53 Å². The molecular formula is C14H17N3O2. The first-order valence-electron chi connectivity index (χ1n) is 6.38. The maximum atomic E-state index is 11.8. The van der Waals surface area contributed by atoms with Crippen LogP contribution in [0, 0.1) is 0 Å². The highest BCUT2D eigenvalue weighted by Crippen LogP contribution is 2.26. The van der Waals surface area contributed by atoms with Crippen molar-refractivity contribution in [2.45, 2.75) is 18.9 Å². The number of nitrogens with one attached hydrogen (secondary N) is 2. The quantitative estimate of drug-likeness (QED) is 0.889. The van der Waals surface area contributed by atoms with E-state index in [1.165, 1.54) is 0 Å². The van der Waals surface area contributed by atoms with E-state index in [1.807, 2.05) is 35.9 Å². The Labute approximate surface area is 111 Å². The molecule has 5 heteroatoms. The normalized spacial score (nSPS) is 14.4. The van der Waals surface area contributed by atoms with Crippen LogP contribution in [0.4, 0.5) is 10.6 Å². The summed E-state index contributed by atoms with van der Waals surface area (Å²) in [6.45, 7) is 0. The first kappa shape index (κ1) is 11.9. The Balaban J connectivity index is 1.86. The first-order valence-corrected chi connectivity index (χ1v) is 6.38. The van der Waals surface area contributed by atoms with E-state index in [0.717, 1.165) is 35.3 Å². The third-order valence-corrected chi connectivity index (χ3v) is 3.41. The van der Waals surface area contributed by atoms with Gasteiger partial charge in [-0.3, -0.25) is 5.32 Å². The van der Waals surface area contributed by atoms with Gasteiger partial charge in [0.25, 0.3) is 0 Å². The molecule has 0 unspecified atom stereocenters. The van der Waals surface area contributed by atoms with Gasteiger partial charge >= 0.3 is 6.03 Å². The Morgan fingerprint density at radius 1 is 1.37 bits per heavy atom. The van der Waals surface area contributed by atoms with E-state index in [-0.39, 0.29) is 6.03 Å². The highest BCUT2D eigenvalue weighted by atomic mass is 16.5. The van der Waals surface area contributed by atoms with Gasteiger partial charge in [-0.2, -0.15) is 0 Å². The van der Waals surface area contributed by atoms with Gasteiger partial charge in [0.2, 0.25) is 0 Å².